The third-order valence-corrected chi connectivity index (χ3v) is 3.36. The van der Waals surface area contributed by atoms with Gasteiger partial charge in [-0.05, 0) is 0 Å². The van der Waals surface area contributed by atoms with E-state index < -0.39 is 0 Å². The molecule has 11 heavy (non-hydrogen) atoms. The topological polar surface area (TPSA) is 12.9 Å². The van der Waals surface area contributed by atoms with Crippen LogP contribution in [0.5, 0.6) is 0 Å². The van der Waals surface area contributed by atoms with Crippen molar-refractivity contribution in [3.05, 3.63) is 16.6 Å². The largest absolute Gasteiger partial charge is 0.249 e. The van der Waals surface area contributed by atoms with Crippen LogP contribution in [-0.4, -0.2) is 9.73 Å². The van der Waals surface area contributed by atoms with Gasteiger partial charge in [0, 0.05) is 22.1 Å². The Hall–Kier alpha value is -0.0200. The van der Waals surface area contributed by atoms with Crippen molar-refractivity contribution in [3.8, 4) is 0 Å². The van der Waals surface area contributed by atoms with Gasteiger partial charge in [0.1, 0.15) is 5.01 Å². The maximum Gasteiger partial charge on any atom is 0.102 e. The zero-order valence-electron chi connectivity index (χ0n) is 7.13. The van der Waals surface area contributed by atoms with Gasteiger partial charge in [0.25, 0.3) is 0 Å². The van der Waals surface area contributed by atoms with Gasteiger partial charge in [-0.2, -0.15) is 0 Å². The zero-order valence-corrected chi connectivity index (χ0v) is 8.76. The molecule has 1 aromatic heterocycles. The molecule has 0 saturated heterocycles. The van der Waals surface area contributed by atoms with E-state index in [-0.39, 0.29) is 0 Å². The highest BCUT2D eigenvalue weighted by Crippen LogP contribution is 2.27. The van der Waals surface area contributed by atoms with Crippen LogP contribution < -0.4 is 0 Å². The Morgan fingerprint density at radius 1 is 1.55 bits per heavy atom. The van der Waals surface area contributed by atoms with E-state index >= 15 is 0 Å². The molecule has 1 nitrogen and oxygen atoms in total. The molecule has 1 heterocycles. The fourth-order valence-electron chi connectivity index (χ4n) is 0.602. The van der Waals surface area contributed by atoms with Gasteiger partial charge in [-0.15, -0.1) is 23.1 Å². The quantitative estimate of drug-likeness (QED) is 0.705. The first-order valence-corrected chi connectivity index (χ1v) is 5.47. The first kappa shape index (κ1) is 9.07. The smallest absolute Gasteiger partial charge is 0.102 e. The summed E-state index contributed by atoms with van der Waals surface area (Å²) in [5.41, 5.74) is 0. The van der Waals surface area contributed by atoms with Gasteiger partial charge >= 0.3 is 0 Å². The normalized spacial score (nSPS) is 11.9. The summed E-state index contributed by atoms with van der Waals surface area (Å²) in [7, 11) is 0. The Labute approximate surface area is 76.2 Å². The molecular formula is C8H13NS2. The minimum absolute atomic E-state index is 0.353. The summed E-state index contributed by atoms with van der Waals surface area (Å²) < 4.78 is 0.353. The summed E-state index contributed by atoms with van der Waals surface area (Å²) in [5.74, 6) is 1.04. The van der Waals surface area contributed by atoms with Crippen molar-refractivity contribution in [1.82, 2.24) is 4.98 Å². The van der Waals surface area contributed by atoms with E-state index in [1.54, 1.807) is 11.3 Å². The second kappa shape index (κ2) is 3.59. The summed E-state index contributed by atoms with van der Waals surface area (Å²) >= 11 is 3.67. The molecule has 0 amide bonds. The van der Waals surface area contributed by atoms with Crippen molar-refractivity contribution in [2.45, 2.75) is 31.3 Å². The maximum atomic E-state index is 4.22. The number of nitrogens with zero attached hydrogens (tertiary/aromatic N) is 1. The second-order valence-corrected chi connectivity index (χ2v) is 6.11. The molecule has 1 aromatic rings. The van der Waals surface area contributed by atoms with Gasteiger partial charge in [-0.25, -0.2) is 4.98 Å². The van der Waals surface area contributed by atoms with Gasteiger partial charge in [0.2, 0.25) is 0 Å². The molecule has 0 saturated carbocycles. The molecule has 0 fully saturated rings. The van der Waals surface area contributed by atoms with Crippen LogP contribution in [0.2, 0.25) is 0 Å². The van der Waals surface area contributed by atoms with Crippen molar-refractivity contribution in [2.24, 2.45) is 0 Å². The van der Waals surface area contributed by atoms with Crippen LogP contribution in [0.1, 0.15) is 25.8 Å². The van der Waals surface area contributed by atoms with Crippen LogP contribution in [0.4, 0.5) is 0 Å². The number of rotatable bonds is 2. The summed E-state index contributed by atoms with van der Waals surface area (Å²) in [4.78, 5) is 4.22. The predicted octanol–water partition coefficient (Wildman–Crippen LogP) is 3.17. The van der Waals surface area contributed by atoms with Crippen LogP contribution in [0.3, 0.4) is 0 Å². The van der Waals surface area contributed by atoms with E-state index in [2.05, 4.69) is 25.8 Å². The molecular weight excluding hydrogens is 174 g/mol. The van der Waals surface area contributed by atoms with E-state index in [1.165, 1.54) is 5.01 Å². The number of hydrogen-bond acceptors (Lipinski definition) is 3. The number of thioether (sulfide) groups is 1. The lowest BCUT2D eigenvalue weighted by Crippen LogP contribution is -2.07. The van der Waals surface area contributed by atoms with Gasteiger partial charge < -0.3 is 0 Å². The fraction of sp³-hybridized carbons (Fsp3) is 0.625. The molecule has 62 valence electrons. The fourth-order valence-corrected chi connectivity index (χ4v) is 2.08. The van der Waals surface area contributed by atoms with E-state index in [1.807, 2.05) is 23.3 Å². The second-order valence-electron chi connectivity index (χ2n) is 3.33. The van der Waals surface area contributed by atoms with E-state index in [4.69, 9.17) is 0 Å². The molecule has 0 bridgehead atoms. The minimum atomic E-state index is 0.353. The highest BCUT2D eigenvalue weighted by atomic mass is 32.2. The Bertz CT molecular complexity index is 198. The zero-order chi connectivity index (χ0) is 8.32. The molecule has 3 heteroatoms. The third kappa shape index (κ3) is 3.77. The summed E-state index contributed by atoms with van der Waals surface area (Å²) in [6.07, 6.45) is 1.86. The van der Waals surface area contributed by atoms with Gasteiger partial charge in [0.15, 0.2) is 0 Å². The van der Waals surface area contributed by atoms with Crippen molar-refractivity contribution < 1.29 is 0 Å². The van der Waals surface area contributed by atoms with Gasteiger partial charge in [-0.1, -0.05) is 20.8 Å². The van der Waals surface area contributed by atoms with Crippen LogP contribution in [-0.2, 0) is 5.75 Å². The molecule has 0 radical (unpaired) electrons. The molecule has 0 aliphatic heterocycles. The van der Waals surface area contributed by atoms with E-state index in [9.17, 15) is 0 Å². The van der Waals surface area contributed by atoms with Crippen molar-refractivity contribution in [1.29, 1.82) is 0 Å². The minimum Gasteiger partial charge on any atom is -0.249 e. The summed E-state index contributed by atoms with van der Waals surface area (Å²) in [5, 5.41) is 3.25. The lowest BCUT2D eigenvalue weighted by molar-refractivity contribution is 0.802. The lowest BCUT2D eigenvalue weighted by Gasteiger charge is -2.15. The molecule has 0 aliphatic carbocycles. The Morgan fingerprint density at radius 3 is 2.73 bits per heavy atom. The maximum absolute atomic E-state index is 4.22. The first-order valence-electron chi connectivity index (χ1n) is 3.60. The van der Waals surface area contributed by atoms with Gasteiger partial charge in [-0.3, -0.25) is 0 Å². The number of aromatic nitrogens is 1. The average molecular weight is 187 g/mol. The van der Waals surface area contributed by atoms with Crippen LogP contribution in [0.25, 0.3) is 0 Å². The molecule has 0 aromatic carbocycles. The van der Waals surface area contributed by atoms with E-state index in [0.717, 1.165) is 5.75 Å². The van der Waals surface area contributed by atoms with Crippen LogP contribution in [0.15, 0.2) is 11.6 Å². The lowest BCUT2D eigenvalue weighted by atomic mass is 10.3. The third-order valence-electron chi connectivity index (χ3n) is 1.11. The van der Waals surface area contributed by atoms with Crippen molar-refractivity contribution in [2.75, 3.05) is 0 Å². The standard InChI is InChI=1S/C8H13NS2/c1-8(2,3)11-6-7-9-4-5-10-7/h4-5H,6H2,1-3H3. The highest BCUT2D eigenvalue weighted by molar-refractivity contribution is 7.99. The predicted molar refractivity (Wildman–Crippen MR) is 53.2 cm³/mol. The molecule has 0 aliphatic rings. The average Bonchev–Trinajstić information content (AvgIpc) is 2.32. The molecule has 0 spiro atoms. The Kier molecular flexibility index (Phi) is 2.96. The van der Waals surface area contributed by atoms with E-state index in [0.29, 0.717) is 4.75 Å². The first-order chi connectivity index (χ1) is 5.08. The summed E-state index contributed by atoms with van der Waals surface area (Å²) in [6.45, 7) is 6.68. The SMILES string of the molecule is CC(C)(C)SCc1nccs1. The van der Waals surface area contributed by atoms with Gasteiger partial charge in [0.05, 0.1) is 0 Å². The number of hydrogen-bond donors (Lipinski definition) is 0. The Balaban J connectivity index is 2.35. The summed E-state index contributed by atoms with van der Waals surface area (Å²) in [6, 6.07) is 0. The molecule has 0 unspecified atom stereocenters. The van der Waals surface area contributed by atoms with Crippen LogP contribution in [0, 0.1) is 0 Å². The molecule has 0 N–H and O–H groups in total. The molecule has 0 atom stereocenters. The van der Waals surface area contributed by atoms with Crippen molar-refractivity contribution in [3.63, 3.8) is 0 Å². The van der Waals surface area contributed by atoms with Crippen molar-refractivity contribution >= 4 is 23.1 Å². The number of thiazole rings is 1. The highest BCUT2D eigenvalue weighted by Gasteiger charge is 2.10. The Morgan fingerprint density at radius 2 is 2.27 bits per heavy atom. The van der Waals surface area contributed by atoms with Crippen LogP contribution >= 0.6 is 23.1 Å². The monoisotopic (exact) mass is 187 g/mol. The molecule has 1 rings (SSSR count).